The molecule has 1 aliphatic heterocycles. The van der Waals surface area contributed by atoms with E-state index in [1.807, 2.05) is 10.9 Å². The number of anilines is 1. The number of benzene rings is 1. The second-order valence-corrected chi connectivity index (χ2v) is 9.21. The number of thioether (sulfide) groups is 1. The van der Waals surface area contributed by atoms with Crippen LogP contribution in [0.3, 0.4) is 0 Å². The molecular weight excluding hydrogens is 452 g/mol. The minimum Gasteiger partial charge on any atom is -0.497 e. The first-order valence-corrected chi connectivity index (χ1v) is 12.8. The van der Waals surface area contributed by atoms with Crippen molar-refractivity contribution in [2.24, 2.45) is 0 Å². The van der Waals surface area contributed by atoms with E-state index in [9.17, 15) is 4.79 Å². The molecule has 1 aromatic carbocycles. The standard InChI is InChI=1S/C24H32N6O3S/c1-3-15-34-24-27-22(29-12-5-4-6-13-29)20-16-26-30(23(20)28-24)14-11-25-21(31)17-33-19-9-7-18(32-2)8-10-19/h7-10,16H,3-6,11-15,17H2,1-2H3,(H,25,31). The summed E-state index contributed by atoms with van der Waals surface area (Å²) >= 11 is 1.68. The minimum absolute atomic E-state index is 0.0503. The van der Waals surface area contributed by atoms with Gasteiger partial charge in [-0.1, -0.05) is 18.7 Å². The molecule has 0 atom stereocenters. The Kier molecular flexibility index (Phi) is 8.46. The summed E-state index contributed by atoms with van der Waals surface area (Å²) in [6.45, 7) is 5.08. The van der Waals surface area contributed by atoms with E-state index in [-0.39, 0.29) is 12.5 Å². The zero-order valence-electron chi connectivity index (χ0n) is 19.8. The van der Waals surface area contributed by atoms with E-state index in [1.54, 1.807) is 43.1 Å². The number of fused-ring (bicyclic) bond motifs is 1. The highest BCUT2D eigenvalue weighted by Crippen LogP contribution is 2.29. The van der Waals surface area contributed by atoms with Gasteiger partial charge in [0.05, 0.1) is 25.2 Å². The van der Waals surface area contributed by atoms with E-state index < -0.39 is 0 Å². The van der Waals surface area contributed by atoms with Crippen LogP contribution in [0.25, 0.3) is 11.0 Å². The summed E-state index contributed by atoms with van der Waals surface area (Å²) in [5.74, 6) is 3.13. The van der Waals surface area contributed by atoms with Crippen molar-refractivity contribution >= 4 is 34.5 Å². The van der Waals surface area contributed by atoms with Crippen LogP contribution in [0.4, 0.5) is 5.82 Å². The molecule has 0 saturated carbocycles. The smallest absolute Gasteiger partial charge is 0.258 e. The number of hydrogen-bond donors (Lipinski definition) is 1. The van der Waals surface area contributed by atoms with Gasteiger partial charge in [-0.2, -0.15) is 5.10 Å². The summed E-state index contributed by atoms with van der Waals surface area (Å²) in [7, 11) is 1.61. The molecule has 1 N–H and O–H groups in total. The average molecular weight is 485 g/mol. The highest BCUT2D eigenvalue weighted by Gasteiger charge is 2.20. The highest BCUT2D eigenvalue weighted by molar-refractivity contribution is 7.99. The Morgan fingerprint density at radius 3 is 2.62 bits per heavy atom. The van der Waals surface area contributed by atoms with Gasteiger partial charge in [0.15, 0.2) is 17.4 Å². The summed E-state index contributed by atoms with van der Waals surface area (Å²) < 4.78 is 12.5. The van der Waals surface area contributed by atoms with E-state index in [1.165, 1.54) is 19.3 Å². The lowest BCUT2D eigenvalue weighted by molar-refractivity contribution is -0.123. The lowest BCUT2D eigenvalue weighted by Crippen LogP contribution is -2.32. The number of nitrogens with zero attached hydrogens (tertiary/aromatic N) is 5. The Bertz CT molecular complexity index is 1080. The molecule has 10 heteroatoms. The van der Waals surface area contributed by atoms with Gasteiger partial charge in [-0.3, -0.25) is 4.79 Å². The SMILES string of the molecule is CCCSc1nc(N2CCCCC2)c2cnn(CCNC(=O)COc3ccc(OC)cc3)c2n1. The quantitative estimate of drug-likeness (QED) is 0.326. The Labute approximate surface area is 204 Å². The molecule has 4 rings (SSSR count). The van der Waals surface area contributed by atoms with E-state index >= 15 is 0 Å². The van der Waals surface area contributed by atoms with Gasteiger partial charge in [0, 0.05) is 25.4 Å². The van der Waals surface area contributed by atoms with Crippen molar-refractivity contribution in [2.45, 2.75) is 44.3 Å². The fourth-order valence-corrected chi connectivity index (χ4v) is 4.55. The van der Waals surface area contributed by atoms with Crippen LogP contribution < -0.4 is 19.7 Å². The minimum atomic E-state index is -0.185. The highest BCUT2D eigenvalue weighted by atomic mass is 32.2. The molecule has 1 amide bonds. The normalized spacial score (nSPS) is 13.8. The van der Waals surface area contributed by atoms with Gasteiger partial charge in [0.1, 0.15) is 17.3 Å². The zero-order valence-corrected chi connectivity index (χ0v) is 20.6. The van der Waals surface area contributed by atoms with Crippen molar-refractivity contribution in [2.75, 3.05) is 44.0 Å². The van der Waals surface area contributed by atoms with Crippen LogP contribution in [0.2, 0.25) is 0 Å². The second-order valence-electron chi connectivity index (χ2n) is 8.15. The largest absolute Gasteiger partial charge is 0.497 e. The average Bonchev–Trinajstić information content (AvgIpc) is 3.29. The van der Waals surface area contributed by atoms with Crippen molar-refractivity contribution in [3.05, 3.63) is 30.5 Å². The number of ether oxygens (including phenoxy) is 2. The monoisotopic (exact) mass is 484 g/mol. The van der Waals surface area contributed by atoms with Gasteiger partial charge < -0.3 is 19.7 Å². The summed E-state index contributed by atoms with van der Waals surface area (Å²) in [5.41, 5.74) is 0.818. The molecule has 9 nitrogen and oxygen atoms in total. The summed E-state index contributed by atoms with van der Waals surface area (Å²) in [4.78, 5) is 24.3. The maximum atomic E-state index is 12.2. The predicted molar refractivity (Wildman–Crippen MR) is 134 cm³/mol. The fraction of sp³-hybridized carbons (Fsp3) is 0.500. The maximum absolute atomic E-state index is 12.2. The van der Waals surface area contributed by atoms with Gasteiger partial charge in [0.2, 0.25) is 0 Å². The third-order valence-corrected chi connectivity index (χ3v) is 6.67. The number of amides is 1. The van der Waals surface area contributed by atoms with Crippen LogP contribution in [-0.4, -0.2) is 64.8 Å². The van der Waals surface area contributed by atoms with E-state index in [2.05, 4.69) is 22.2 Å². The summed E-state index contributed by atoms with van der Waals surface area (Å²) in [5, 5.41) is 9.21. The van der Waals surface area contributed by atoms with Crippen LogP contribution in [-0.2, 0) is 11.3 Å². The second kappa shape index (κ2) is 11.9. The molecule has 0 radical (unpaired) electrons. The van der Waals surface area contributed by atoms with Crippen molar-refractivity contribution in [1.82, 2.24) is 25.1 Å². The molecule has 3 heterocycles. The predicted octanol–water partition coefficient (Wildman–Crippen LogP) is 3.52. The number of nitrogens with one attached hydrogen (secondary N) is 1. The van der Waals surface area contributed by atoms with Crippen LogP contribution in [0.15, 0.2) is 35.6 Å². The van der Waals surface area contributed by atoms with Gasteiger partial charge in [-0.25, -0.2) is 14.6 Å². The number of carbonyl (C=O) groups is 1. The first kappa shape index (κ1) is 24.1. The Balaban J connectivity index is 1.38. The molecule has 34 heavy (non-hydrogen) atoms. The number of methoxy groups -OCH3 is 1. The first-order valence-electron chi connectivity index (χ1n) is 11.8. The molecule has 182 valence electrons. The number of piperidine rings is 1. The van der Waals surface area contributed by atoms with Crippen LogP contribution in [0.5, 0.6) is 11.5 Å². The molecule has 0 spiro atoms. The molecule has 3 aromatic rings. The van der Waals surface area contributed by atoms with Gasteiger partial charge in [-0.15, -0.1) is 0 Å². The van der Waals surface area contributed by atoms with Crippen molar-refractivity contribution in [3.63, 3.8) is 0 Å². The molecule has 0 bridgehead atoms. The maximum Gasteiger partial charge on any atom is 0.258 e. The topological polar surface area (TPSA) is 94.4 Å². The Hall–Kier alpha value is -3.01. The Morgan fingerprint density at radius 1 is 1.12 bits per heavy atom. The van der Waals surface area contributed by atoms with Crippen molar-refractivity contribution in [1.29, 1.82) is 0 Å². The molecule has 0 aliphatic carbocycles. The van der Waals surface area contributed by atoms with Gasteiger partial charge in [-0.05, 0) is 49.9 Å². The lowest BCUT2D eigenvalue weighted by atomic mass is 10.1. The fourth-order valence-electron chi connectivity index (χ4n) is 3.86. The van der Waals surface area contributed by atoms with Crippen LogP contribution >= 0.6 is 11.8 Å². The number of rotatable bonds is 11. The molecule has 0 unspecified atom stereocenters. The van der Waals surface area contributed by atoms with Gasteiger partial charge in [0.25, 0.3) is 5.91 Å². The van der Waals surface area contributed by atoms with Crippen LogP contribution in [0, 0.1) is 0 Å². The number of hydrogen-bond acceptors (Lipinski definition) is 8. The van der Waals surface area contributed by atoms with Crippen molar-refractivity contribution < 1.29 is 14.3 Å². The third-order valence-electron chi connectivity index (χ3n) is 5.62. The summed E-state index contributed by atoms with van der Waals surface area (Å²) in [6, 6.07) is 7.14. The van der Waals surface area contributed by atoms with Gasteiger partial charge >= 0.3 is 0 Å². The lowest BCUT2D eigenvalue weighted by Gasteiger charge is -2.28. The molecule has 2 aromatic heterocycles. The van der Waals surface area contributed by atoms with E-state index in [0.717, 1.165) is 53.0 Å². The molecule has 1 fully saturated rings. The first-order chi connectivity index (χ1) is 16.7. The number of aromatic nitrogens is 4. The molecular formula is C24H32N6O3S. The molecule has 1 aliphatic rings. The zero-order chi connectivity index (χ0) is 23.8. The number of carbonyl (C=O) groups excluding carboxylic acids is 1. The summed E-state index contributed by atoms with van der Waals surface area (Å²) in [6.07, 6.45) is 6.55. The van der Waals surface area contributed by atoms with Crippen molar-refractivity contribution in [3.8, 4) is 11.5 Å². The molecule has 1 saturated heterocycles. The Morgan fingerprint density at radius 2 is 1.88 bits per heavy atom. The third kappa shape index (κ3) is 6.11. The van der Waals surface area contributed by atoms with E-state index in [4.69, 9.17) is 19.4 Å². The van der Waals surface area contributed by atoms with Crippen LogP contribution in [0.1, 0.15) is 32.6 Å². The van der Waals surface area contributed by atoms with E-state index in [0.29, 0.717) is 18.8 Å².